The second-order valence-electron chi connectivity index (χ2n) is 6.76. The molecule has 0 bridgehead atoms. The molecule has 1 aromatic carbocycles. The van der Waals surface area contributed by atoms with Crippen molar-refractivity contribution in [3.05, 3.63) is 46.8 Å². The van der Waals surface area contributed by atoms with E-state index in [1.807, 2.05) is 33.8 Å². The van der Waals surface area contributed by atoms with Gasteiger partial charge in [-0.05, 0) is 52.0 Å². The fourth-order valence-electron chi connectivity index (χ4n) is 3.42. The van der Waals surface area contributed by atoms with Crippen LogP contribution in [0.4, 0.5) is 0 Å². The van der Waals surface area contributed by atoms with Crippen LogP contribution >= 0.6 is 0 Å². The Morgan fingerprint density at radius 3 is 2.45 bits per heavy atom. The van der Waals surface area contributed by atoms with E-state index in [1.165, 1.54) is 7.11 Å². The molecule has 0 radical (unpaired) electrons. The van der Waals surface area contributed by atoms with E-state index < -0.39 is 5.97 Å². The van der Waals surface area contributed by atoms with Crippen LogP contribution < -0.4 is 9.47 Å². The Hall–Kier alpha value is -2.80. The van der Waals surface area contributed by atoms with Crippen molar-refractivity contribution < 1.29 is 28.5 Å². The molecule has 29 heavy (non-hydrogen) atoms. The van der Waals surface area contributed by atoms with Crippen molar-refractivity contribution in [2.45, 2.75) is 33.7 Å². The van der Waals surface area contributed by atoms with E-state index in [0.29, 0.717) is 35.8 Å². The van der Waals surface area contributed by atoms with Crippen molar-refractivity contribution in [2.24, 2.45) is 0 Å². The Morgan fingerprint density at radius 2 is 1.83 bits per heavy atom. The molecule has 0 unspecified atom stereocenters. The smallest absolute Gasteiger partial charge is 0.338 e. The summed E-state index contributed by atoms with van der Waals surface area (Å²) >= 11 is 0. The first kappa shape index (κ1) is 22.5. The highest BCUT2D eigenvalue weighted by Crippen LogP contribution is 2.28. The molecule has 2 aromatic rings. The molecule has 7 heteroatoms. The molecule has 0 fully saturated rings. The highest BCUT2D eigenvalue weighted by molar-refractivity contribution is 6.00. The summed E-state index contributed by atoms with van der Waals surface area (Å²) in [6.45, 7) is 8.33. The number of carbonyl (C=O) groups is 2. The molecule has 0 aliphatic rings. The van der Waals surface area contributed by atoms with E-state index in [2.05, 4.69) is 4.57 Å². The molecule has 0 aliphatic carbocycles. The quantitative estimate of drug-likeness (QED) is 0.444. The summed E-state index contributed by atoms with van der Waals surface area (Å²) < 4.78 is 23.2. The van der Waals surface area contributed by atoms with Crippen molar-refractivity contribution >= 4 is 11.8 Å². The van der Waals surface area contributed by atoms with Gasteiger partial charge in [0.05, 0.1) is 31.9 Å². The topological polar surface area (TPSA) is 76.0 Å². The minimum absolute atomic E-state index is 0.0976. The number of hydrogen-bond donors (Lipinski definition) is 0. The van der Waals surface area contributed by atoms with Gasteiger partial charge in [-0.2, -0.15) is 0 Å². The number of benzene rings is 1. The highest BCUT2D eigenvalue weighted by atomic mass is 16.5. The summed E-state index contributed by atoms with van der Waals surface area (Å²) in [5.74, 6) is 0.132. The molecule has 158 valence electrons. The zero-order valence-corrected chi connectivity index (χ0v) is 17.9. The number of aryl methyl sites for hydroxylation is 1. The highest BCUT2D eigenvalue weighted by Gasteiger charge is 2.20. The average molecular weight is 403 g/mol. The van der Waals surface area contributed by atoms with E-state index in [-0.39, 0.29) is 18.4 Å². The predicted octanol–water partition coefficient (Wildman–Crippen LogP) is 3.76. The molecule has 0 saturated carbocycles. The van der Waals surface area contributed by atoms with Crippen LogP contribution in [-0.2, 0) is 9.47 Å². The number of Topliss-reactive ketones (excluding diaryl/α,β-unsaturated/α-hetero) is 1. The van der Waals surface area contributed by atoms with E-state index in [4.69, 9.17) is 18.9 Å². The molecule has 1 heterocycles. The fourth-order valence-corrected chi connectivity index (χ4v) is 3.42. The molecular weight excluding hydrogens is 374 g/mol. The monoisotopic (exact) mass is 403 g/mol. The zero-order chi connectivity index (χ0) is 21.6. The van der Waals surface area contributed by atoms with Crippen molar-refractivity contribution in [2.75, 3.05) is 34.0 Å². The third kappa shape index (κ3) is 5.17. The average Bonchev–Trinajstić information content (AvgIpc) is 3.00. The largest absolute Gasteiger partial charge is 0.493 e. The first-order chi connectivity index (χ1) is 13.8. The first-order valence-electron chi connectivity index (χ1n) is 9.52. The SMILES string of the molecule is CCOc1cc(C(=O)OCC(=O)c2cc(C)n([C@H](C)COC)c2C)ccc1OC. The lowest BCUT2D eigenvalue weighted by Gasteiger charge is -2.17. The molecule has 0 amide bonds. The number of hydrogen-bond acceptors (Lipinski definition) is 6. The number of ketones is 1. The van der Waals surface area contributed by atoms with E-state index in [9.17, 15) is 9.59 Å². The fraction of sp³-hybridized carbons (Fsp3) is 0.455. The van der Waals surface area contributed by atoms with Crippen LogP contribution in [0.2, 0.25) is 0 Å². The second kappa shape index (κ2) is 10.1. The summed E-state index contributed by atoms with van der Waals surface area (Å²) in [6, 6.07) is 6.67. The van der Waals surface area contributed by atoms with Crippen LogP contribution in [0.15, 0.2) is 24.3 Å². The first-order valence-corrected chi connectivity index (χ1v) is 9.52. The van der Waals surface area contributed by atoms with Crippen molar-refractivity contribution in [3.63, 3.8) is 0 Å². The van der Waals surface area contributed by atoms with Crippen molar-refractivity contribution in [3.8, 4) is 11.5 Å². The number of aromatic nitrogens is 1. The Bertz CT molecular complexity index is 870. The number of methoxy groups -OCH3 is 2. The Kier molecular flexibility index (Phi) is 7.84. The maximum atomic E-state index is 12.7. The third-order valence-electron chi connectivity index (χ3n) is 4.67. The van der Waals surface area contributed by atoms with Gasteiger partial charge in [0.1, 0.15) is 0 Å². The summed E-state index contributed by atoms with van der Waals surface area (Å²) in [5, 5.41) is 0. The molecule has 0 N–H and O–H groups in total. The van der Waals surface area contributed by atoms with Crippen molar-refractivity contribution in [1.82, 2.24) is 4.57 Å². The summed E-state index contributed by atoms with van der Waals surface area (Å²) in [6.07, 6.45) is 0. The van der Waals surface area contributed by atoms with Crippen molar-refractivity contribution in [1.29, 1.82) is 0 Å². The van der Waals surface area contributed by atoms with Gasteiger partial charge in [-0.15, -0.1) is 0 Å². The minimum atomic E-state index is -0.594. The molecule has 0 aliphatic heterocycles. The van der Waals surface area contributed by atoms with E-state index in [0.717, 1.165) is 11.4 Å². The number of carbonyl (C=O) groups excluding carboxylic acids is 2. The third-order valence-corrected chi connectivity index (χ3v) is 4.67. The molecule has 0 saturated heterocycles. The van der Waals surface area contributed by atoms with Gasteiger partial charge in [0.25, 0.3) is 0 Å². The van der Waals surface area contributed by atoms with E-state index >= 15 is 0 Å². The molecule has 1 atom stereocenters. The number of rotatable bonds is 10. The summed E-state index contributed by atoms with van der Waals surface area (Å²) in [5.41, 5.74) is 2.62. The Balaban J connectivity index is 2.10. The lowest BCUT2D eigenvalue weighted by molar-refractivity contribution is 0.0474. The predicted molar refractivity (Wildman–Crippen MR) is 109 cm³/mol. The number of esters is 1. The van der Waals surface area contributed by atoms with Gasteiger partial charge in [0.15, 0.2) is 18.1 Å². The molecule has 1 aromatic heterocycles. The van der Waals surface area contributed by atoms with E-state index in [1.54, 1.807) is 25.3 Å². The molecule has 7 nitrogen and oxygen atoms in total. The van der Waals surface area contributed by atoms with Gasteiger partial charge in [0, 0.05) is 24.1 Å². The summed E-state index contributed by atoms with van der Waals surface area (Å²) in [7, 11) is 3.17. The van der Waals surface area contributed by atoms with Crippen LogP contribution in [-0.4, -0.2) is 50.4 Å². The lowest BCUT2D eigenvalue weighted by atomic mass is 10.1. The number of ether oxygens (including phenoxy) is 4. The van der Waals surface area contributed by atoms with Crippen LogP contribution in [0, 0.1) is 13.8 Å². The van der Waals surface area contributed by atoms with Gasteiger partial charge in [-0.3, -0.25) is 4.79 Å². The van der Waals surface area contributed by atoms with Gasteiger partial charge in [-0.25, -0.2) is 4.79 Å². The van der Waals surface area contributed by atoms with Crippen LogP contribution in [0.5, 0.6) is 11.5 Å². The second-order valence-corrected chi connectivity index (χ2v) is 6.76. The lowest BCUT2D eigenvalue weighted by Crippen LogP contribution is -2.17. The minimum Gasteiger partial charge on any atom is -0.493 e. The number of nitrogens with zero attached hydrogens (tertiary/aromatic N) is 1. The maximum Gasteiger partial charge on any atom is 0.338 e. The van der Waals surface area contributed by atoms with Crippen LogP contribution in [0.1, 0.15) is 52.0 Å². The zero-order valence-electron chi connectivity index (χ0n) is 17.9. The van der Waals surface area contributed by atoms with Gasteiger partial charge in [-0.1, -0.05) is 0 Å². The summed E-state index contributed by atoms with van der Waals surface area (Å²) in [4.78, 5) is 25.0. The van der Waals surface area contributed by atoms with Crippen LogP contribution in [0.25, 0.3) is 0 Å². The van der Waals surface area contributed by atoms with Crippen LogP contribution in [0.3, 0.4) is 0 Å². The van der Waals surface area contributed by atoms with Gasteiger partial charge < -0.3 is 23.5 Å². The van der Waals surface area contributed by atoms with Gasteiger partial charge in [0.2, 0.25) is 5.78 Å². The van der Waals surface area contributed by atoms with Gasteiger partial charge >= 0.3 is 5.97 Å². The Labute approximate surface area is 171 Å². The standard InChI is InChI=1S/C22H29NO6/c1-7-28-21-11-17(8-9-20(21)27-6)22(25)29-13-19(24)18-10-14(2)23(16(18)4)15(3)12-26-5/h8-11,15H,7,12-13H2,1-6H3/t15-/m1/s1. The Morgan fingerprint density at radius 1 is 1.10 bits per heavy atom. The molecule has 2 rings (SSSR count). The molecule has 0 spiro atoms. The normalized spacial score (nSPS) is 11.8. The maximum absolute atomic E-state index is 12.7. The molecular formula is C22H29NO6.